The van der Waals surface area contributed by atoms with Gasteiger partial charge >= 0.3 is 0 Å². The summed E-state index contributed by atoms with van der Waals surface area (Å²) in [6.45, 7) is 4.54. The maximum absolute atomic E-state index is 2.27. The smallest absolute Gasteiger partial charge is 0.242 e. The van der Waals surface area contributed by atoms with Gasteiger partial charge in [0.2, 0.25) is 24.8 Å². The summed E-state index contributed by atoms with van der Waals surface area (Å²) < 4.78 is 4.29. The highest BCUT2D eigenvalue weighted by Gasteiger charge is 2.11. The van der Waals surface area contributed by atoms with Crippen molar-refractivity contribution in [3.8, 4) is 0 Å². The van der Waals surface area contributed by atoms with Gasteiger partial charge in [-0.3, -0.25) is 0 Å². The predicted octanol–water partition coefficient (Wildman–Crippen LogP) is -0.393. The molecule has 0 unspecified atom stereocenters. The van der Waals surface area contributed by atoms with Crippen LogP contribution in [0.2, 0.25) is 0 Å². The highest BCUT2D eigenvalue weighted by Crippen LogP contribution is 2.08. The topological polar surface area (TPSA) is 7.76 Å². The lowest BCUT2D eigenvalue weighted by Gasteiger charge is -2.01. The van der Waals surface area contributed by atoms with Gasteiger partial charge < -0.3 is 24.8 Å². The van der Waals surface area contributed by atoms with Crippen molar-refractivity contribution in [2.24, 2.45) is 0 Å². The third-order valence-corrected chi connectivity index (χ3v) is 5.17. The zero-order valence-corrected chi connectivity index (χ0v) is 19.3. The highest BCUT2D eigenvalue weighted by molar-refractivity contribution is 5.08. The molecule has 0 aliphatic rings. The molecule has 4 heteroatoms. The normalized spacial score (nSPS) is 10.2. The molecule has 0 saturated carbocycles. The van der Waals surface area contributed by atoms with E-state index < -0.39 is 0 Å². The third-order valence-electron chi connectivity index (χ3n) is 5.17. The van der Waals surface area contributed by atoms with Gasteiger partial charge in [0.1, 0.15) is 0 Å². The molecule has 2 aromatic rings. The minimum Gasteiger partial charge on any atom is -1.00 e. The molecule has 0 aromatic carbocycles. The van der Waals surface area contributed by atoms with Gasteiger partial charge in [0, 0.05) is 24.3 Å². The largest absolute Gasteiger partial charge is 1.00 e. The fourth-order valence-corrected chi connectivity index (χ4v) is 3.41. The predicted molar refractivity (Wildman–Crippen MR) is 109 cm³/mol. The molecular weight excluding hydrogens is 387 g/mol. The maximum Gasteiger partial charge on any atom is 0.242 e. The van der Waals surface area contributed by atoms with Crippen LogP contribution in [0.3, 0.4) is 0 Å². The van der Waals surface area contributed by atoms with Gasteiger partial charge in [0.05, 0.1) is 9.35 Å². The molecule has 0 aliphatic carbocycles. The Morgan fingerprint density at radius 2 is 0.821 bits per heavy atom. The Labute approximate surface area is 185 Å². The first-order chi connectivity index (χ1) is 12.8. The van der Waals surface area contributed by atoms with E-state index in [0.29, 0.717) is 0 Å². The van der Waals surface area contributed by atoms with E-state index in [4.69, 9.17) is 0 Å². The number of unbranched alkanes of at least 4 members (excludes halogenated alkanes) is 8. The van der Waals surface area contributed by atoms with Crippen molar-refractivity contribution < 1.29 is 34.2 Å². The Bertz CT molecular complexity index is 542. The van der Waals surface area contributed by atoms with Crippen LogP contribution in [0.5, 0.6) is 0 Å². The van der Waals surface area contributed by atoms with Gasteiger partial charge in [-0.1, -0.05) is 65.2 Å². The van der Waals surface area contributed by atoms with Crippen molar-refractivity contribution in [3.05, 3.63) is 60.2 Å². The minimum atomic E-state index is 0. The summed E-state index contributed by atoms with van der Waals surface area (Å²) in [5, 5.41) is 0. The molecule has 2 aromatic heterocycles. The first kappa shape index (κ1) is 26.9. The van der Waals surface area contributed by atoms with Gasteiger partial charge in [-0.05, 0) is 36.8 Å². The van der Waals surface area contributed by atoms with Gasteiger partial charge in [-0.2, -0.15) is 0 Å². The summed E-state index contributed by atoms with van der Waals surface area (Å²) in [4.78, 5) is 0. The number of hydrogen-bond donors (Lipinski definition) is 0. The zero-order chi connectivity index (χ0) is 18.5. The molecule has 2 heterocycles. The van der Waals surface area contributed by atoms with E-state index in [2.05, 4.69) is 72.3 Å². The molecule has 0 bridgehead atoms. The number of nitrogens with zero attached hydrogens (tertiary/aromatic N) is 2. The van der Waals surface area contributed by atoms with E-state index in [1.807, 2.05) is 0 Å². The molecule has 2 nitrogen and oxygen atoms in total. The monoisotopic (exact) mass is 424 g/mol. The number of aryl methyl sites for hydroxylation is 2. The van der Waals surface area contributed by atoms with Crippen molar-refractivity contribution in [3.63, 3.8) is 0 Å². The van der Waals surface area contributed by atoms with E-state index in [1.54, 1.807) is 0 Å². The first-order valence-corrected chi connectivity index (χ1v) is 10.8. The Kier molecular flexibility index (Phi) is 16.1. The minimum absolute atomic E-state index is 0. The summed E-state index contributed by atoms with van der Waals surface area (Å²) in [7, 11) is 0. The second kappa shape index (κ2) is 16.8. The average Bonchev–Trinajstić information content (AvgIpc) is 2.69. The molecule has 0 saturated heterocycles. The van der Waals surface area contributed by atoms with E-state index in [1.165, 1.54) is 88.2 Å². The number of rotatable bonds is 13. The van der Waals surface area contributed by atoms with Crippen LogP contribution in [0.25, 0.3) is 0 Å². The van der Waals surface area contributed by atoms with Gasteiger partial charge in [0.25, 0.3) is 0 Å². The number of pyridine rings is 2. The Hall–Kier alpha value is -1.12. The molecule has 0 amide bonds. The fraction of sp³-hybridized carbons (Fsp3) is 0.583. The summed E-state index contributed by atoms with van der Waals surface area (Å²) in [6.07, 6.45) is 24.6. The number of hydrogen-bond acceptors (Lipinski definition) is 0. The van der Waals surface area contributed by atoms with Crippen LogP contribution in [0.4, 0.5) is 0 Å². The van der Waals surface area contributed by atoms with Gasteiger partial charge in [-0.25, -0.2) is 0 Å². The van der Waals surface area contributed by atoms with Crippen molar-refractivity contribution in [2.75, 3.05) is 0 Å². The lowest BCUT2D eigenvalue weighted by atomic mass is 10.1. The summed E-state index contributed by atoms with van der Waals surface area (Å²) in [5.41, 5.74) is 2.89. The Morgan fingerprint density at radius 3 is 1.14 bits per heavy atom. The lowest BCUT2D eigenvalue weighted by Crippen LogP contribution is -3.00. The maximum atomic E-state index is 2.27. The lowest BCUT2D eigenvalue weighted by molar-refractivity contribution is -1.30. The van der Waals surface area contributed by atoms with Crippen LogP contribution in [0.1, 0.15) is 89.2 Å². The number of halogens is 2. The van der Waals surface area contributed by atoms with E-state index in [0.717, 1.165) is 0 Å². The molecule has 0 N–H and O–H groups in total. The molecular formula is C24H38Cl2N2. The van der Waals surface area contributed by atoms with Crippen molar-refractivity contribution >= 4 is 0 Å². The van der Waals surface area contributed by atoms with E-state index in [9.17, 15) is 0 Å². The van der Waals surface area contributed by atoms with Gasteiger partial charge in [-0.15, -0.1) is 0 Å². The summed E-state index contributed by atoms with van der Waals surface area (Å²) >= 11 is 0. The SMILES string of the molecule is CCCCCCCc1cc[n+](-[n+]2ccc(CCCCCCC)cc2)cc1.[Cl-].[Cl-]. The molecule has 158 valence electrons. The molecule has 0 atom stereocenters. The van der Waals surface area contributed by atoms with Crippen LogP contribution >= 0.6 is 0 Å². The quantitative estimate of drug-likeness (QED) is 0.305. The van der Waals surface area contributed by atoms with Gasteiger partial charge in [0.15, 0.2) is 0 Å². The zero-order valence-electron chi connectivity index (χ0n) is 17.8. The van der Waals surface area contributed by atoms with Crippen molar-refractivity contribution in [1.82, 2.24) is 0 Å². The average molecular weight is 425 g/mol. The van der Waals surface area contributed by atoms with Crippen LogP contribution in [0.15, 0.2) is 49.1 Å². The van der Waals surface area contributed by atoms with Crippen LogP contribution < -0.4 is 34.2 Å². The molecule has 0 spiro atoms. The number of aromatic nitrogens is 2. The third kappa shape index (κ3) is 10.4. The van der Waals surface area contributed by atoms with E-state index >= 15 is 0 Å². The first-order valence-electron chi connectivity index (χ1n) is 10.8. The molecule has 28 heavy (non-hydrogen) atoms. The molecule has 0 aliphatic heterocycles. The second-order valence-corrected chi connectivity index (χ2v) is 7.50. The highest BCUT2D eigenvalue weighted by atomic mass is 35.5. The van der Waals surface area contributed by atoms with Crippen LogP contribution in [0, 0.1) is 0 Å². The summed E-state index contributed by atoms with van der Waals surface area (Å²) in [6, 6.07) is 9.03. The fourth-order valence-electron chi connectivity index (χ4n) is 3.41. The van der Waals surface area contributed by atoms with Crippen molar-refractivity contribution in [1.29, 1.82) is 0 Å². The summed E-state index contributed by atoms with van der Waals surface area (Å²) in [5.74, 6) is 0. The standard InChI is InChI=1S/C24H38N2.2ClH/c1-3-5-7-9-11-13-23-15-19-25(20-16-23)26-21-17-24(18-22-26)14-12-10-8-6-4-2;;/h15-22H,3-14H2,1-2H3;2*1H/q+2;;/p-2. The van der Waals surface area contributed by atoms with Crippen LogP contribution in [-0.2, 0) is 12.8 Å². The van der Waals surface area contributed by atoms with E-state index in [-0.39, 0.29) is 24.8 Å². The Morgan fingerprint density at radius 1 is 0.500 bits per heavy atom. The van der Waals surface area contributed by atoms with Crippen molar-refractivity contribution in [2.45, 2.75) is 90.9 Å². The molecule has 0 fully saturated rings. The molecule has 0 radical (unpaired) electrons. The Balaban J connectivity index is 0.00000364. The van der Waals surface area contributed by atoms with Crippen LogP contribution in [-0.4, -0.2) is 0 Å². The molecule has 2 rings (SSSR count). The second-order valence-electron chi connectivity index (χ2n) is 7.50.